The van der Waals surface area contributed by atoms with E-state index in [1.54, 1.807) is 24.3 Å². The Kier molecular flexibility index (Phi) is 6.77. The van der Waals surface area contributed by atoms with Crippen molar-refractivity contribution in [2.75, 3.05) is 31.2 Å². The van der Waals surface area contributed by atoms with Crippen molar-refractivity contribution in [1.29, 1.82) is 0 Å². The van der Waals surface area contributed by atoms with Crippen molar-refractivity contribution < 1.29 is 17.9 Å². The normalized spacial score (nSPS) is 11.8. The summed E-state index contributed by atoms with van der Waals surface area (Å²) in [6.45, 7) is 4.36. The second kappa shape index (κ2) is 8.08. The van der Waals surface area contributed by atoms with Crippen molar-refractivity contribution in [3.63, 3.8) is 0 Å². The molecule has 0 heterocycles. The van der Waals surface area contributed by atoms with Gasteiger partial charge in [-0.3, -0.25) is 0 Å². The van der Waals surface area contributed by atoms with Crippen molar-refractivity contribution in [2.45, 2.75) is 20.0 Å². The molecule has 0 saturated heterocycles. The van der Waals surface area contributed by atoms with Crippen LogP contribution in [-0.2, 0) is 14.8 Å². The third-order valence-electron chi connectivity index (χ3n) is 2.35. The first-order chi connectivity index (χ1) is 9.39. The third-order valence-corrected chi connectivity index (χ3v) is 3.70. The molecule has 20 heavy (non-hydrogen) atoms. The first-order valence-electron chi connectivity index (χ1n) is 6.46. The molecule has 0 saturated carbocycles. The number of nitrogen functional groups attached to an aromatic ring is 1. The molecular weight excluding hydrogens is 280 g/mol. The average molecular weight is 302 g/mol. The Labute approximate surface area is 120 Å². The fourth-order valence-electron chi connectivity index (χ4n) is 1.44. The molecule has 0 atom stereocenters. The fourth-order valence-corrected chi connectivity index (χ4v) is 2.29. The minimum absolute atomic E-state index is 0.0251. The Balaban J connectivity index is 2.23. The number of benzene rings is 1. The zero-order valence-corrected chi connectivity index (χ0v) is 12.7. The molecule has 0 radical (unpaired) electrons. The van der Waals surface area contributed by atoms with Gasteiger partial charge in [-0.2, -0.15) is 0 Å². The van der Waals surface area contributed by atoms with E-state index in [4.69, 9.17) is 15.2 Å². The number of anilines is 1. The van der Waals surface area contributed by atoms with Gasteiger partial charge < -0.3 is 15.2 Å². The summed E-state index contributed by atoms with van der Waals surface area (Å²) in [5, 5.41) is 0. The van der Waals surface area contributed by atoms with E-state index in [2.05, 4.69) is 4.72 Å². The van der Waals surface area contributed by atoms with Gasteiger partial charge in [-0.15, -0.1) is 0 Å². The summed E-state index contributed by atoms with van der Waals surface area (Å²) >= 11 is 0. The van der Waals surface area contributed by atoms with Gasteiger partial charge in [-0.1, -0.05) is 6.07 Å². The Bertz CT molecular complexity index is 503. The van der Waals surface area contributed by atoms with Crippen LogP contribution in [0.5, 0.6) is 5.75 Å². The maximum Gasteiger partial charge on any atom is 0.213 e. The number of nitrogens with one attached hydrogen (secondary N) is 1. The zero-order chi connectivity index (χ0) is 15.0. The van der Waals surface area contributed by atoms with Crippen LogP contribution in [0.25, 0.3) is 0 Å². The predicted octanol–water partition coefficient (Wildman–Crippen LogP) is 0.992. The van der Waals surface area contributed by atoms with Crippen LogP contribution in [0.1, 0.15) is 13.8 Å². The summed E-state index contributed by atoms with van der Waals surface area (Å²) < 4.78 is 36.3. The molecule has 7 heteroatoms. The van der Waals surface area contributed by atoms with E-state index in [1.807, 2.05) is 13.8 Å². The number of hydrogen-bond acceptors (Lipinski definition) is 5. The minimum Gasteiger partial charge on any atom is -0.492 e. The maximum absolute atomic E-state index is 11.6. The molecule has 0 aliphatic carbocycles. The van der Waals surface area contributed by atoms with Crippen LogP contribution in [0.3, 0.4) is 0 Å². The van der Waals surface area contributed by atoms with Gasteiger partial charge in [0.05, 0.1) is 18.5 Å². The summed E-state index contributed by atoms with van der Waals surface area (Å²) in [6, 6.07) is 6.98. The molecule has 0 spiro atoms. The van der Waals surface area contributed by atoms with Crippen LogP contribution in [0.15, 0.2) is 24.3 Å². The van der Waals surface area contributed by atoms with Crippen LogP contribution in [0.2, 0.25) is 0 Å². The highest BCUT2D eigenvalue weighted by atomic mass is 32.2. The SMILES string of the molecule is CC(C)OCCS(=O)(=O)NCCOc1cccc(N)c1. The molecule has 0 amide bonds. The number of hydrogen-bond donors (Lipinski definition) is 2. The van der Waals surface area contributed by atoms with Gasteiger partial charge in [0.25, 0.3) is 0 Å². The molecule has 0 fully saturated rings. The van der Waals surface area contributed by atoms with Crippen LogP contribution in [0.4, 0.5) is 5.69 Å². The molecule has 1 aromatic carbocycles. The molecular formula is C13H22N2O4S. The minimum atomic E-state index is -3.32. The monoisotopic (exact) mass is 302 g/mol. The second-order valence-electron chi connectivity index (χ2n) is 4.55. The lowest BCUT2D eigenvalue weighted by molar-refractivity contribution is 0.0911. The van der Waals surface area contributed by atoms with E-state index >= 15 is 0 Å². The van der Waals surface area contributed by atoms with Gasteiger partial charge in [-0.05, 0) is 26.0 Å². The largest absolute Gasteiger partial charge is 0.492 e. The van der Waals surface area contributed by atoms with Crippen LogP contribution >= 0.6 is 0 Å². The third kappa shape index (κ3) is 7.32. The highest BCUT2D eigenvalue weighted by molar-refractivity contribution is 7.89. The predicted molar refractivity (Wildman–Crippen MR) is 79.2 cm³/mol. The molecule has 1 aromatic rings. The molecule has 1 rings (SSSR count). The van der Waals surface area contributed by atoms with Crippen molar-refractivity contribution in [3.8, 4) is 5.75 Å². The van der Waals surface area contributed by atoms with E-state index < -0.39 is 10.0 Å². The molecule has 6 nitrogen and oxygen atoms in total. The Morgan fingerprint density at radius 1 is 1.30 bits per heavy atom. The van der Waals surface area contributed by atoms with Gasteiger partial charge in [0.15, 0.2) is 0 Å². The number of sulfonamides is 1. The molecule has 0 aliphatic heterocycles. The summed E-state index contributed by atoms with van der Waals surface area (Å²) in [5.41, 5.74) is 6.21. The maximum atomic E-state index is 11.6. The van der Waals surface area contributed by atoms with Gasteiger partial charge in [-0.25, -0.2) is 13.1 Å². The second-order valence-corrected chi connectivity index (χ2v) is 6.48. The van der Waals surface area contributed by atoms with E-state index in [-0.39, 0.29) is 31.6 Å². The van der Waals surface area contributed by atoms with Gasteiger partial charge in [0, 0.05) is 18.3 Å². The molecule has 3 N–H and O–H groups in total. The Morgan fingerprint density at radius 3 is 2.70 bits per heavy atom. The average Bonchev–Trinajstić information content (AvgIpc) is 2.34. The van der Waals surface area contributed by atoms with E-state index in [0.29, 0.717) is 11.4 Å². The zero-order valence-electron chi connectivity index (χ0n) is 11.8. The molecule has 0 aliphatic rings. The number of nitrogens with two attached hydrogens (primary N) is 1. The molecule has 0 bridgehead atoms. The fraction of sp³-hybridized carbons (Fsp3) is 0.538. The van der Waals surface area contributed by atoms with Crippen LogP contribution in [0, 0.1) is 0 Å². The molecule has 0 aromatic heterocycles. The van der Waals surface area contributed by atoms with Gasteiger partial charge in [0.2, 0.25) is 10.0 Å². The smallest absolute Gasteiger partial charge is 0.213 e. The quantitative estimate of drug-likeness (QED) is 0.524. The number of ether oxygens (including phenoxy) is 2. The summed E-state index contributed by atoms with van der Waals surface area (Å²) in [7, 11) is -3.32. The molecule has 0 unspecified atom stereocenters. The van der Waals surface area contributed by atoms with E-state index in [1.165, 1.54) is 0 Å². The van der Waals surface area contributed by atoms with Crippen molar-refractivity contribution in [1.82, 2.24) is 4.72 Å². The lowest BCUT2D eigenvalue weighted by Crippen LogP contribution is -2.32. The highest BCUT2D eigenvalue weighted by Gasteiger charge is 2.09. The lowest BCUT2D eigenvalue weighted by atomic mass is 10.3. The van der Waals surface area contributed by atoms with E-state index in [0.717, 1.165) is 0 Å². The van der Waals surface area contributed by atoms with Gasteiger partial charge >= 0.3 is 0 Å². The topological polar surface area (TPSA) is 90.7 Å². The Morgan fingerprint density at radius 2 is 2.05 bits per heavy atom. The van der Waals surface area contributed by atoms with Crippen molar-refractivity contribution >= 4 is 15.7 Å². The summed E-state index contributed by atoms with van der Waals surface area (Å²) in [6.07, 6.45) is 0.0251. The van der Waals surface area contributed by atoms with Gasteiger partial charge in [0.1, 0.15) is 12.4 Å². The highest BCUT2D eigenvalue weighted by Crippen LogP contribution is 2.13. The van der Waals surface area contributed by atoms with Crippen LogP contribution < -0.4 is 15.2 Å². The summed E-state index contributed by atoms with van der Waals surface area (Å²) in [4.78, 5) is 0. The lowest BCUT2D eigenvalue weighted by Gasteiger charge is -2.10. The van der Waals surface area contributed by atoms with E-state index in [9.17, 15) is 8.42 Å². The molecule has 114 valence electrons. The van der Waals surface area contributed by atoms with Crippen LogP contribution in [-0.4, -0.2) is 40.0 Å². The standard InChI is InChI=1S/C13H22N2O4S/c1-11(2)18-8-9-20(16,17)15-6-7-19-13-5-3-4-12(14)10-13/h3-5,10-11,15H,6-9,14H2,1-2H3. The first kappa shape index (κ1) is 16.7. The summed E-state index contributed by atoms with van der Waals surface area (Å²) in [5.74, 6) is 0.566. The van der Waals surface area contributed by atoms with Crippen molar-refractivity contribution in [2.24, 2.45) is 0 Å². The number of rotatable bonds is 9. The first-order valence-corrected chi connectivity index (χ1v) is 8.11. The Hall–Kier alpha value is -1.31. The van der Waals surface area contributed by atoms with Crippen molar-refractivity contribution in [3.05, 3.63) is 24.3 Å².